The van der Waals surface area contributed by atoms with Gasteiger partial charge in [0.05, 0.1) is 0 Å². The van der Waals surface area contributed by atoms with Gasteiger partial charge in [-0.05, 0) is 30.5 Å². The highest BCUT2D eigenvalue weighted by atomic mass is 19.3. The molecule has 0 saturated carbocycles. The Balaban J connectivity index is 2.20. The Kier molecular flexibility index (Phi) is 5.40. The van der Waals surface area contributed by atoms with Gasteiger partial charge >= 0.3 is 12.3 Å². The Morgan fingerprint density at radius 2 is 2.00 bits per heavy atom. The second-order valence-corrected chi connectivity index (χ2v) is 3.96. The normalized spacial score (nSPS) is 12.1. The van der Waals surface area contributed by atoms with Gasteiger partial charge in [-0.25, -0.2) is 8.78 Å². The summed E-state index contributed by atoms with van der Waals surface area (Å²) in [5.41, 5.74) is 7.15. The molecule has 0 unspecified atom stereocenters. The van der Waals surface area contributed by atoms with Crippen LogP contribution in [0.1, 0.15) is 12.0 Å². The van der Waals surface area contributed by atoms with Crippen LogP contribution in [0.2, 0.25) is 0 Å². The summed E-state index contributed by atoms with van der Waals surface area (Å²) < 4.78 is 53.0. The maximum atomic E-state index is 12.5. The van der Waals surface area contributed by atoms with Crippen LogP contribution in [0.4, 0.5) is 23.2 Å². The van der Waals surface area contributed by atoms with E-state index in [-0.39, 0.29) is 6.61 Å². The van der Waals surface area contributed by atoms with Crippen LogP contribution in [-0.4, -0.2) is 25.6 Å². The average Bonchev–Trinajstić information content (AvgIpc) is 2.28. The van der Waals surface area contributed by atoms with E-state index in [1.54, 1.807) is 18.2 Å². The summed E-state index contributed by atoms with van der Waals surface area (Å²) in [6, 6.07) is 7.15. The van der Waals surface area contributed by atoms with Crippen LogP contribution < -0.4 is 5.73 Å². The molecule has 0 amide bonds. The molecule has 0 saturated heterocycles. The molecule has 6 heteroatoms. The van der Waals surface area contributed by atoms with Gasteiger partial charge in [0.15, 0.2) is 0 Å². The Bertz CT molecular complexity index is 371. The van der Waals surface area contributed by atoms with Crippen LogP contribution in [-0.2, 0) is 11.2 Å². The second-order valence-electron chi connectivity index (χ2n) is 3.96. The van der Waals surface area contributed by atoms with Crippen molar-refractivity contribution in [1.29, 1.82) is 0 Å². The Hall–Kier alpha value is -1.30. The van der Waals surface area contributed by atoms with E-state index in [1.807, 2.05) is 6.07 Å². The molecule has 1 aromatic carbocycles. The maximum absolute atomic E-state index is 12.5. The molecule has 2 nitrogen and oxygen atoms in total. The minimum Gasteiger partial charge on any atom is -0.399 e. The summed E-state index contributed by atoms with van der Waals surface area (Å²) in [6.07, 6.45) is -2.61. The van der Waals surface area contributed by atoms with E-state index in [2.05, 4.69) is 4.74 Å². The van der Waals surface area contributed by atoms with Crippen LogP contribution in [0, 0.1) is 0 Å². The zero-order valence-electron chi connectivity index (χ0n) is 9.71. The fourth-order valence-corrected chi connectivity index (χ4v) is 1.40. The number of halogens is 4. The highest BCUT2D eigenvalue weighted by Gasteiger charge is 2.40. The number of nitrogen functional groups attached to an aromatic ring is 1. The van der Waals surface area contributed by atoms with Crippen molar-refractivity contribution in [3.05, 3.63) is 29.8 Å². The molecule has 2 N–H and O–H groups in total. The Labute approximate surface area is 103 Å². The van der Waals surface area contributed by atoms with Crippen molar-refractivity contribution < 1.29 is 22.3 Å². The molecule has 0 atom stereocenters. The van der Waals surface area contributed by atoms with E-state index < -0.39 is 19.0 Å². The zero-order valence-corrected chi connectivity index (χ0v) is 9.71. The summed E-state index contributed by atoms with van der Waals surface area (Å²) in [6.45, 7) is -1.24. The SMILES string of the molecule is Nc1cccc(CCCOCC(F)(F)C(F)F)c1. The smallest absolute Gasteiger partial charge is 0.330 e. The lowest BCUT2D eigenvalue weighted by Gasteiger charge is -2.15. The summed E-state index contributed by atoms with van der Waals surface area (Å²) in [7, 11) is 0. The van der Waals surface area contributed by atoms with Gasteiger partial charge in [0, 0.05) is 12.3 Å². The topological polar surface area (TPSA) is 35.2 Å². The number of ether oxygens (including phenoxy) is 1. The van der Waals surface area contributed by atoms with Gasteiger partial charge in [-0.1, -0.05) is 12.1 Å². The number of hydrogen-bond donors (Lipinski definition) is 1. The van der Waals surface area contributed by atoms with Crippen LogP contribution in [0.15, 0.2) is 24.3 Å². The van der Waals surface area contributed by atoms with Crippen LogP contribution >= 0.6 is 0 Å². The van der Waals surface area contributed by atoms with Gasteiger partial charge in [0.2, 0.25) is 0 Å². The molecule has 0 spiro atoms. The zero-order chi connectivity index (χ0) is 13.6. The van der Waals surface area contributed by atoms with Gasteiger partial charge in [0.1, 0.15) is 6.61 Å². The van der Waals surface area contributed by atoms with Gasteiger partial charge in [-0.2, -0.15) is 8.78 Å². The molecule has 102 valence electrons. The quantitative estimate of drug-likeness (QED) is 0.467. The van der Waals surface area contributed by atoms with Gasteiger partial charge in [0.25, 0.3) is 0 Å². The van der Waals surface area contributed by atoms with E-state index in [0.717, 1.165) is 5.56 Å². The maximum Gasteiger partial charge on any atom is 0.330 e. The second kappa shape index (κ2) is 6.58. The molecule has 0 aliphatic heterocycles. The van der Waals surface area contributed by atoms with Crippen LogP contribution in [0.3, 0.4) is 0 Å². The van der Waals surface area contributed by atoms with Crippen molar-refractivity contribution in [2.24, 2.45) is 0 Å². The van der Waals surface area contributed by atoms with Crippen molar-refractivity contribution in [2.45, 2.75) is 25.2 Å². The highest BCUT2D eigenvalue weighted by Crippen LogP contribution is 2.22. The summed E-state index contributed by atoms with van der Waals surface area (Å²) in [5, 5.41) is 0. The van der Waals surface area contributed by atoms with Gasteiger partial charge in [-0.3, -0.25) is 0 Å². The number of nitrogens with two attached hydrogens (primary N) is 1. The van der Waals surface area contributed by atoms with E-state index >= 15 is 0 Å². The Morgan fingerprint density at radius 3 is 2.61 bits per heavy atom. The molecule has 1 rings (SSSR count). The van der Waals surface area contributed by atoms with Crippen LogP contribution in [0.5, 0.6) is 0 Å². The van der Waals surface area contributed by atoms with Crippen molar-refractivity contribution in [3.8, 4) is 0 Å². The lowest BCUT2D eigenvalue weighted by atomic mass is 10.1. The van der Waals surface area contributed by atoms with E-state index in [0.29, 0.717) is 18.5 Å². The number of anilines is 1. The molecule has 0 heterocycles. The number of hydrogen-bond acceptors (Lipinski definition) is 2. The molecule has 0 aliphatic carbocycles. The predicted molar refractivity (Wildman–Crippen MR) is 60.9 cm³/mol. The largest absolute Gasteiger partial charge is 0.399 e. The molecule has 0 radical (unpaired) electrons. The van der Waals surface area contributed by atoms with Gasteiger partial charge < -0.3 is 10.5 Å². The van der Waals surface area contributed by atoms with Crippen molar-refractivity contribution >= 4 is 5.69 Å². The van der Waals surface area contributed by atoms with E-state index in [4.69, 9.17) is 5.73 Å². The number of rotatable bonds is 7. The van der Waals surface area contributed by atoms with Crippen LogP contribution in [0.25, 0.3) is 0 Å². The third-order valence-corrected chi connectivity index (χ3v) is 2.32. The third kappa shape index (κ3) is 4.91. The van der Waals surface area contributed by atoms with Crippen molar-refractivity contribution in [1.82, 2.24) is 0 Å². The first kappa shape index (κ1) is 14.8. The van der Waals surface area contributed by atoms with Crippen molar-refractivity contribution in [3.63, 3.8) is 0 Å². The number of benzene rings is 1. The fraction of sp³-hybridized carbons (Fsp3) is 0.500. The molecular formula is C12H15F4NO. The third-order valence-electron chi connectivity index (χ3n) is 2.32. The molecule has 0 bridgehead atoms. The summed E-state index contributed by atoms with van der Waals surface area (Å²) in [4.78, 5) is 0. The molecule has 0 aromatic heterocycles. The molecular weight excluding hydrogens is 250 g/mol. The number of aryl methyl sites for hydroxylation is 1. The molecule has 0 aliphatic rings. The first-order valence-corrected chi connectivity index (χ1v) is 5.50. The highest BCUT2D eigenvalue weighted by molar-refractivity contribution is 5.40. The average molecular weight is 265 g/mol. The first-order valence-electron chi connectivity index (χ1n) is 5.50. The van der Waals surface area contributed by atoms with Gasteiger partial charge in [-0.15, -0.1) is 0 Å². The van der Waals surface area contributed by atoms with Crippen molar-refractivity contribution in [2.75, 3.05) is 18.9 Å². The predicted octanol–water partition coefficient (Wildman–Crippen LogP) is 3.12. The molecule has 1 aromatic rings. The lowest BCUT2D eigenvalue weighted by Crippen LogP contribution is -2.32. The lowest BCUT2D eigenvalue weighted by molar-refractivity contribution is -0.165. The molecule has 0 fully saturated rings. The summed E-state index contributed by atoms with van der Waals surface area (Å²) in [5.74, 6) is -4.07. The molecule has 18 heavy (non-hydrogen) atoms. The minimum absolute atomic E-state index is 0.0110. The minimum atomic E-state index is -4.07. The Morgan fingerprint density at radius 1 is 1.28 bits per heavy atom. The van der Waals surface area contributed by atoms with E-state index in [9.17, 15) is 17.6 Å². The standard InChI is InChI=1S/C12H15F4NO/c13-11(14)12(15,16)8-18-6-2-4-9-3-1-5-10(17)7-9/h1,3,5,7,11H,2,4,6,8,17H2. The van der Waals surface area contributed by atoms with E-state index in [1.165, 1.54) is 0 Å². The first-order chi connectivity index (χ1) is 8.42. The monoisotopic (exact) mass is 265 g/mol. The fourth-order valence-electron chi connectivity index (χ4n) is 1.40. The summed E-state index contributed by atoms with van der Waals surface area (Å²) >= 11 is 0. The number of alkyl halides is 4.